The van der Waals surface area contributed by atoms with Crippen LogP contribution >= 0.6 is 0 Å². The fourth-order valence-corrected chi connectivity index (χ4v) is 4.43. The number of fused-ring (bicyclic) bond motifs is 1. The lowest BCUT2D eigenvalue weighted by molar-refractivity contribution is -0.120. The number of amides is 3. The molecule has 1 fully saturated rings. The number of rotatable bonds is 7. The second kappa shape index (κ2) is 8.16. The van der Waals surface area contributed by atoms with E-state index in [4.69, 9.17) is 11.0 Å². The van der Waals surface area contributed by atoms with Gasteiger partial charge in [0, 0.05) is 29.9 Å². The Bertz CT molecular complexity index is 1250. The number of hydrogen-bond acceptors (Lipinski definition) is 5. The van der Waals surface area contributed by atoms with Gasteiger partial charge in [-0.3, -0.25) is 19.2 Å². The molecule has 0 radical (unpaired) electrons. The normalized spacial score (nSPS) is 15.3. The molecule has 0 atom stereocenters. The van der Waals surface area contributed by atoms with Crippen LogP contribution in [0.2, 0.25) is 0 Å². The molecule has 0 unspecified atom stereocenters. The van der Waals surface area contributed by atoms with Crippen molar-refractivity contribution in [3.05, 3.63) is 52.1 Å². The minimum Gasteiger partial charge on any atom is -0.370 e. The predicted molar refractivity (Wildman–Crippen MR) is 115 cm³/mol. The van der Waals surface area contributed by atoms with Crippen molar-refractivity contribution in [3.63, 3.8) is 0 Å². The summed E-state index contributed by atoms with van der Waals surface area (Å²) in [6.45, 7) is 2.11. The molecule has 170 valence electrons. The van der Waals surface area contributed by atoms with Crippen LogP contribution < -0.4 is 16.4 Å². The predicted octanol–water partition coefficient (Wildman–Crippen LogP) is 1.71. The Hall–Kier alpha value is -4.00. The van der Waals surface area contributed by atoms with Crippen LogP contribution in [0.5, 0.6) is 0 Å². The molecule has 2 aromatic rings. The van der Waals surface area contributed by atoms with E-state index >= 15 is 0 Å². The van der Waals surface area contributed by atoms with Crippen molar-refractivity contribution in [2.45, 2.75) is 51.1 Å². The Morgan fingerprint density at radius 2 is 2.00 bits per heavy atom. The first-order valence-electron chi connectivity index (χ1n) is 10.5. The number of carbonyl (C=O) groups is 4. The number of primary amides is 1. The molecular formula is C23H22FN5O4. The molecule has 4 N–H and O–H groups in total. The number of nitrogens with two attached hydrogens (primary N) is 1. The molecule has 4 rings (SSSR count). The molecule has 1 aliphatic heterocycles. The number of hydrogen-bond donors (Lipinski definition) is 3. The monoisotopic (exact) mass is 451 g/mol. The van der Waals surface area contributed by atoms with Crippen LogP contribution in [0.1, 0.15) is 63.4 Å². The number of anilines is 1. The molecule has 1 aromatic carbocycles. The van der Waals surface area contributed by atoms with Gasteiger partial charge < -0.3 is 20.9 Å². The molecule has 1 aromatic heterocycles. The van der Waals surface area contributed by atoms with Crippen LogP contribution in [0.25, 0.3) is 0 Å². The van der Waals surface area contributed by atoms with Gasteiger partial charge in [-0.25, -0.2) is 4.39 Å². The van der Waals surface area contributed by atoms with E-state index in [1.165, 1.54) is 12.1 Å². The van der Waals surface area contributed by atoms with E-state index in [2.05, 4.69) is 10.6 Å². The zero-order valence-corrected chi connectivity index (χ0v) is 18.0. The second-order valence-corrected chi connectivity index (χ2v) is 8.52. The van der Waals surface area contributed by atoms with Crippen LogP contribution in [0.4, 0.5) is 10.1 Å². The number of Topliss-reactive ketones (excluding diaryl/α,β-unsaturated/α-hetero) is 1. The lowest BCUT2D eigenvalue weighted by Crippen LogP contribution is -2.43. The van der Waals surface area contributed by atoms with Crippen molar-refractivity contribution in [1.29, 1.82) is 5.26 Å². The largest absolute Gasteiger partial charge is 0.370 e. The van der Waals surface area contributed by atoms with E-state index in [1.807, 2.05) is 0 Å². The smallest absolute Gasteiger partial charge is 0.292 e. The third-order valence-electron chi connectivity index (χ3n) is 6.15. The summed E-state index contributed by atoms with van der Waals surface area (Å²) in [5.41, 5.74) is 5.90. The maximum Gasteiger partial charge on any atom is 0.292 e. The number of nitrogens with zero attached hydrogens (tertiary/aromatic N) is 2. The number of ketones is 1. The highest BCUT2D eigenvalue weighted by atomic mass is 19.1. The highest BCUT2D eigenvalue weighted by Crippen LogP contribution is 2.39. The van der Waals surface area contributed by atoms with E-state index in [9.17, 15) is 23.6 Å². The summed E-state index contributed by atoms with van der Waals surface area (Å²) in [6, 6.07) is 5.37. The SMILES string of the molecule is Cc1c(C(=O)C(=O)NC2(CC(N)=O)CC2)c2n(c1C(=O)Nc1ccc(F)c(C#N)c1)CCC2. The Balaban J connectivity index is 1.61. The van der Waals surface area contributed by atoms with E-state index in [0.717, 1.165) is 6.07 Å². The number of nitriles is 1. The lowest BCUT2D eigenvalue weighted by atomic mass is 10.0. The summed E-state index contributed by atoms with van der Waals surface area (Å²) >= 11 is 0. The second-order valence-electron chi connectivity index (χ2n) is 8.52. The van der Waals surface area contributed by atoms with Crippen LogP contribution in [0.15, 0.2) is 18.2 Å². The van der Waals surface area contributed by atoms with Gasteiger partial charge in [0.05, 0.1) is 11.1 Å². The van der Waals surface area contributed by atoms with E-state index in [0.29, 0.717) is 43.5 Å². The van der Waals surface area contributed by atoms with E-state index in [1.54, 1.807) is 17.6 Å². The van der Waals surface area contributed by atoms with Crippen LogP contribution in [-0.2, 0) is 22.6 Å². The van der Waals surface area contributed by atoms with Gasteiger partial charge in [-0.1, -0.05) is 0 Å². The molecule has 33 heavy (non-hydrogen) atoms. The molecule has 3 amide bonds. The molecule has 2 heterocycles. The van der Waals surface area contributed by atoms with Gasteiger partial charge in [0.15, 0.2) is 0 Å². The van der Waals surface area contributed by atoms with Crippen LogP contribution in [0, 0.1) is 24.1 Å². The van der Waals surface area contributed by atoms with Gasteiger partial charge in [0.25, 0.3) is 17.6 Å². The third kappa shape index (κ3) is 4.09. The number of halogens is 1. The zero-order valence-electron chi connectivity index (χ0n) is 18.0. The summed E-state index contributed by atoms with van der Waals surface area (Å²) in [4.78, 5) is 50.1. The van der Waals surface area contributed by atoms with Gasteiger partial charge >= 0.3 is 0 Å². The first-order chi connectivity index (χ1) is 15.7. The van der Waals surface area contributed by atoms with Crippen LogP contribution in [-0.4, -0.2) is 33.6 Å². The molecule has 10 heteroatoms. The number of benzene rings is 1. The summed E-state index contributed by atoms with van der Waals surface area (Å²) in [6.07, 6.45) is 2.34. The molecular weight excluding hydrogens is 429 g/mol. The Labute approximate surface area is 188 Å². The topological polar surface area (TPSA) is 147 Å². The maximum atomic E-state index is 13.6. The van der Waals surface area contributed by atoms with E-state index < -0.39 is 34.9 Å². The lowest BCUT2D eigenvalue weighted by Gasteiger charge is -2.15. The fourth-order valence-electron chi connectivity index (χ4n) is 4.43. The summed E-state index contributed by atoms with van der Waals surface area (Å²) in [5.74, 6) is -3.37. The molecule has 0 bridgehead atoms. The minimum absolute atomic E-state index is 0.0329. The Morgan fingerprint density at radius 3 is 2.64 bits per heavy atom. The molecule has 2 aliphatic rings. The number of aromatic nitrogens is 1. The van der Waals surface area contributed by atoms with Gasteiger partial charge in [0.2, 0.25) is 5.91 Å². The molecule has 0 saturated heterocycles. The van der Waals surface area contributed by atoms with Gasteiger partial charge in [-0.15, -0.1) is 0 Å². The molecule has 1 aliphatic carbocycles. The number of nitrogens with one attached hydrogen (secondary N) is 2. The minimum atomic E-state index is -0.832. The molecule has 9 nitrogen and oxygen atoms in total. The highest BCUT2D eigenvalue weighted by Gasteiger charge is 2.46. The number of carbonyl (C=O) groups excluding carboxylic acids is 4. The van der Waals surface area contributed by atoms with Crippen molar-refractivity contribution >= 4 is 29.2 Å². The van der Waals surface area contributed by atoms with Crippen molar-refractivity contribution < 1.29 is 23.6 Å². The quantitative estimate of drug-likeness (QED) is 0.433. The van der Waals surface area contributed by atoms with Crippen molar-refractivity contribution in [2.24, 2.45) is 5.73 Å². The first-order valence-corrected chi connectivity index (χ1v) is 10.5. The summed E-state index contributed by atoms with van der Waals surface area (Å²) in [7, 11) is 0. The fraction of sp³-hybridized carbons (Fsp3) is 0.348. The molecule has 0 spiro atoms. The summed E-state index contributed by atoms with van der Waals surface area (Å²) in [5, 5.41) is 14.3. The van der Waals surface area contributed by atoms with Crippen LogP contribution in [0.3, 0.4) is 0 Å². The first kappa shape index (κ1) is 22.2. The summed E-state index contributed by atoms with van der Waals surface area (Å²) < 4.78 is 15.3. The van der Waals surface area contributed by atoms with Gasteiger partial charge in [0.1, 0.15) is 17.6 Å². The highest BCUT2D eigenvalue weighted by molar-refractivity contribution is 6.44. The Morgan fingerprint density at radius 1 is 1.27 bits per heavy atom. The van der Waals surface area contributed by atoms with Gasteiger partial charge in [-0.2, -0.15) is 5.26 Å². The van der Waals surface area contributed by atoms with Crippen molar-refractivity contribution in [2.75, 3.05) is 5.32 Å². The van der Waals surface area contributed by atoms with E-state index in [-0.39, 0.29) is 28.9 Å². The van der Waals surface area contributed by atoms with Crippen molar-refractivity contribution in [3.8, 4) is 6.07 Å². The van der Waals surface area contributed by atoms with Gasteiger partial charge in [-0.05, 0) is 56.4 Å². The molecule has 1 saturated carbocycles. The Kier molecular flexibility index (Phi) is 5.49. The maximum absolute atomic E-state index is 13.6. The zero-order chi connectivity index (χ0) is 23.9. The van der Waals surface area contributed by atoms with Crippen molar-refractivity contribution in [1.82, 2.24) is 9.88 Å². The average Bonchev–Trinajstić information content (AvgIpc) is 3.21. The third-order valence-corrected chi connectivity index (χ3v) is 6.15. The average molecular weight is 451 g/mol. The standard InChI is InChI=1S/C23H22FN5O4/c1-12-18(20(31)22(33)28-23(6-7-23)10-17(26)30)16-3-2-8-29(16)19(12)21(32)27-14-4-5-15(24)13(9-14)11-25/h4-5,9H,2-3,6-8,10H2,1H3,(H2,26,30)(H,27,32)(H,28,33).